The first kappa shape index (κ1) is 12.1. The van der Waals surface area contributed by atoms with Crippen molar-refractivity contribution in [3.8, 4) is 11.8 Å². The van der Waals surface area contributed by atoms with Gasteiger partial charge in [0.05, 0.1) is 4.90 Å². The molecule has 0 aliphatic rings. The van der Waals surface area contributed by atoms with Crippen LogP contribution in [0, 0.1) is 11.3 Å². The van der Waals surface area contributed by atoms with Crippen LogP contribution in [-0.4, -0.2) is 18.0 Å². The standard InChI is InChI=1S/C10H9N5O2S/c11-5-9-10(12)15(6-14-9)7-1-3-8(4-2-7)18(13,16)17/h1-4,6H,12H2,(H2,13,16,17). The molecule has 0 saturated heterocycles. The van der Waals surface area contributed by atoms with Gasteiger partial charge >= 0.3 is 0 Å². The van der Waals surface area contributed by atoms with E-state index in [1.54, 1.807) is 0 Å². The van der Waals surface area contributed by atoms with E-state index in [0.717, 1.165) is 0 Å². The summed E-state index contributed by atoms with van der Waals surface area (Å²) >= 11 is 0. The van der Waals surface area contributed by atoms with Crippen LogP contribution in [0.4, 0.5) is 5.82 Å². The van der Waals surface area contributed by atoms with Gasteiger partial charge in [0.1, 0.15) is 18.2 Å². The van der Waals surface area contributed by atoms with Gasteiger partial charge in [-0.2, -0.15) is 5.26 Å². The zero-order valence-electron chi connectivity index (χ0n) is 9.11. The molecule has 0 atom stereocenters. The van der Waals surface area contributed by atoms with Gasteiger partial charge in [-0.25, -0.2) is 18.5 Å². The first-order chi connectivity index (χ1) is 8.43. The number of imidazole rings is 1. The van der Waals surface area contributed by atoms with Crippen LogP contribution in [-0.2, 0) is 10.0 Å². The van der Waals surface area contributed by atoms with Crippen molar-refractivity contribution in [1.82, 2.24) is 9.55 Å². The van der Waals surface area contributed by atoms with Gasteiger partial charge in [0, 0.05) is 5.69 Å². The van der Waals surface area contributed by atoms with Gasteiger partial charge in [0.25, 0.3) is 0 Å². The lowest BCUT2D eigenvalue weighted by Crippen LogP contribution is -2.12. The molecule has 0 saturated carbocycles. The van der Waals surface area contributed by atoms with Crippen molar-refractivity contribution in [2.24, 2.45) is 5.14 Å². The highest BCUT2D eigenvalue weighted by atomic mass is 32.2. The molecule has 0 unspecified atom stereocenters. The second-order valence-corrected chi connectivity index (χ2v) is 5.06. The molecule has 2 rings (SSSR count). The molecule has 0 aliphatic carbocycles. The average Bonchev–Trinajstić information content (AvgIpc) is 2.69. The summed E-state index contributed by atoms with van der Waals surface area (Å²) in [5.41, 5.74) is 6.41. The molecule has 0 aliphatic heterocycles. The molecule has 8 heteroatoms. The van der Waals surface area contributed by atoms with Crippen molar-refractivity contribution >= 4 is 15.8 Å². The second-order valence-electron chi connectivity index (χ2n) is 3.50. The quantitative estimate of drug-likeness (QED) is 0.786. The number of rotatable bonds is 2. The fraction of sp³-hybridized carbons (Fsp3) is 0. The van der Waals surface area contributed by atoms with Crippen LogP contribution < -0.4 is 10.9 Å². The van der Waals surface area contributed by atoms with Crippen molar-refractivity contribution in [3.05, 3.63) is 36.3 Å². The third-order valence-electron chi connectivity index (χ3n) is 2.35. The predicted molar refractivity (Wildman–Crippen MR) is 64.1 cm³/mol. The minimum atomic E-state index is -3.72. The lowest BCUT2D eigenvalue weighted by Gasteiger charge is -2.05. The number of benzene rings is 1. The molecule has 1 heterocycles. The molecule has 18 heavy (non-hydrogen) atoms. The van der Waals surface area contributed by atoms with Gasteiger partial charge in [-0.3, -0.25) is 4.57 Å². The number of primary sulfonamides is 1. The van der Waals surface area contributed by atoms with E-state index in [9.17, 15) is 8.42 Å². The van der Waals surface area contributed by atoms with E-state index >= 15 is 0 Å². The summed E-state index contributed by atoms with van der Waals surface area (Å²) in [6.07, 6.45) is 1.39. The Labute approximate surface area is 103 Å². The van der Waals surface area contributed by atoms with E-state index in [1.807, 2.05) is 6.07 Å². The zero-order chi connectivity index (χ0) is 13.3. The molecule has 2 aromatic rings. The SMILES string of the molecule is N#Cc1ncn(-c2ccc(S(N)(=O)=O)cc2)c1N. The van der Waals surface area contributed by atoms with Crippen LogP contribution in [0.2, 0.25) is 0 Å². The highest BCUT2D eigenvalue weighted by Gasteiger charge is 2.10. The fourth-order valence-corrected chi connectivity index (χ4v) is 1.96. The number of anilines is 1. The van der Waals surface area contributed by atoms with E-state index < -0.39 is 10.0 Å². The van der Waals surface area contributed by atoms with Gasteiger partial charge < -0.3 is 5.73 Å². The van der Waals surface area contributed by atoms with E-state index in [1.165, 1.54) is 35.2 Å². The maximum atomic E-state index is 11.1. The number of nitriles is 1. The third-order valence-corrected chi connectivity index (χ3v) is 3.28. The van der Waals surface area contributed by atoms with Crippen LogP contribution in [0.15, 0.2) is 35.5 Å². The number of sulfonamides is 1. The highest BCUT2D eigenvalue weighted by Crippen LogP contribution is 2.18. The van der Waals surface area contributed by atoms with Crippen molar-refractivity contribution in [2.75, 3.05) is 5.73 Å². The summed E-state index contributed by atoms with van der Waals surface area (Å²) in [5.74, 6) is 0.195. The molecule has 1 aromatic heterocycles. The Kier molecular flexibility index (Phi) is 2.78. The third kappa shape index (κ3) is 2.04. The van der Waals surface area contributed by atoms with E-state index in [0.29, 0.717) is 5.69 Å². The number of nitrogen functional groups attached to an aromatic ring is 1. The first-order valence-corrected chi connectivity index (χ1v) is 6.34. The Bertz CT molecular complexity index is 725. The summed E-state index contributed by atoms with van der Waals surface area (Å²) in [4.78, 5) is 3.82. The molecule has 0 bridgehead atoms. The largest absolute Gasteiger partial charge is 0.382 e. The Morgan fingerprint density at radius 1 is 1.28 bits per heavy atom. The number of nitrogens with two attached hydrogens (primary N) is 2. The topological polar surface area (TPSA) is 128 Å². The van der Waals surface area contributed by atoms with Gasteiger partial charge in [0.15, 0.2) is 5.69 Å². The summed E-state index contributed by atoms with van der Waals surface area (Å²) in [7, 11) is -3.72. The number of nitrogens with zero attached hydrogens (tertiary/aromatic N) is 3. The minimum absolute atomic E-state index is 0.00504. The van der Waals surface area contributed by atoms with Crippen molar-refractivity contribution in [3.63, 3.8) is 0 Å². The highest BCUT2D eigenvalue weighted by molar-refractivity contribution is 7.89. The van der Waals surface area contributed by atoms with Crippen molar-refractivity contribution in [2.45, 2.75) is 4.90 Å². The summed E-state index contributed by atoms with van der Waals surface area (Å²) in [5, 5.41) is 13.7. The molecular weight excluding hydrogens is 254 g/mol. The molecular formula is C10H9N5O2S. The first-order valence-electron chi connectivity index (χ1n) is 4.79. The zero-order valence-corrected chi connectivity index (χ0v) is 9.92. The Balaban J connectivity index is 2.48. The number of hydrogen-bond acceptors (Lipinski definition) is 5. The van der Waals surface area contributed by atoms with E-state index in [2.05, 4.69) is 4.98 Å². The van der Waals surface area contributed by atoms with Crippen LogP contribution in [0.1, 0.15) is 5.69 Å². The lowest BCUT2D eigenvalue weighted by molar-refractivity contribution is 0.598. The molecule has 1 aromatic carbocycles. The summed E-state index contributed by atoms with van der Waals surface area (Å²) in [6.45, 7) is 0. The molecule has 7 nitrogen and oxygen atoms in total. The van der Waals surface area contributed by atoms with Crippen LogP contribution in [0.5, 0.6) is 0 Å². The van der Waals surface area contributed by atoms with E-state index in [4.69, 9.17) is 16.1 Å². The Hall–Kier alpha value is -2.37. The Morgan fingerprint density at radius 3 is 2.33 bits per heavy atom. The second kappa shape index (κ2) is 4.14. The lowest BCUT2D eigenvalue weighted by atomic mass is 10.3. The maximum Gasteiger partial charge on any atom is 0.238 e. The smallest absolute Gasteiger partial charge is 0.238 e. The number of aromatic nitrogens is 2. The van der Waals surface area contributed by atoms with Gasteiger partial charge in [-0.05, 0) is 24.3 Å². The monoisotopic (exact) mass is 263 g/mol. The minimum Gasteiger partial charge on any atom is -0.382 e. The fourth-order valence-electron chi connectivity index (χ4n) is 1.45. The number of hydrogen-bond donors (Lipinski definition) is 2. The summed E-state index contributed by atoms with van der Waals surface area (Å²) < 4.78 is 23.7. The molecule has 4 N–H and O–H groups in total. The Morgan fingerprint density at radius 2 is 1.89 bits per heavy atom. The van der Waals surface area contributed by atoms with Crippen LogP contribution in [0.25, 0.3) is 5.69 Å². The summed E-state index contributed by atoms with van der Waals surface area (Å²) in [6, 6.07) is 7.62. The molecule has 92 valence electrons. The maximum absolute atomic E-state index is 11.1. The molecule has 0 spiro atoms. The van der Waals surface area contributed by atoms with E-state index in [-0.39, 0.29) is 16.4 Å². The van der Waals surface area contributed by atoms with Crippen molar-refractivity contribution < 1.29 is 8.42 Å². The van der Waals surface area contributed by atoms with Gasteiger partial charge in [-0.1, -0.05) is 0 Å². The molecule has 0 radical (unpaired) electrons. The van der Waals surface area contributed by atoms with Crippen LogP contribution >= 0.6 is 0 Å². The van der Waals surface area contributed by atoms with Crippen LogP contribution in [0.3, 0.4) is 0 Å². The predicted octanol–water partition coefficient (Wildman–Crippen LogP) is -0.0264. The van der Waals surface area contributed by atoms with Gasteiger partial charge in [0.2, 0.25) is 10.0 Å². The average molecular weight is 263 g/mol. The van der Waals surface area contributed by atoms with Gasteiger partial charge in [-0.15, -0.1) is 0 Å². The molecule has 0 fully saturated rings. The van der Waals surface area contributed by atoms with Crippen molar-refractivity contribution in [1.29, 1.82) is 5.26 Å². The molecule has 0 amide bonds. The normalized spacial score (nSPS) is 11.1.